The Balaban J connectivity index is 3.23. The predicted molar refractivity (Wildman–Crippen MR) is 51.4 cm³/mol. The molecule has 0 heterocycles. The van der Waals surface area contributed by atoms with Crippen molar-refractivity contribution in [1.82, 2.24) is 0 Å². The van der Waals surface area contributed by atoms with Crippen LogP contribution < -0.4 is 5.73 Å². The van der Waals surface area contributed by atoms with Crippen molar-refractivity contribution in [3.63, 3.8) is 0 Å². The molecule has 0 amide bonds. The van der Waals surface area contributed by atoms with Gasteiger partial charge in [-0.05, 0) is 31.0 Å². The maximum absolute atomic E-state index is 13.0. The Morgan fingerprint density at radius 3 is 2.58 bits per heavy atom. The summed E-state index contributed by atoms with van der Waals surface area (Å²) in [4.78, 5) is 0. The highest BCUT2D eigenvalue weighted by molar-refractivity contribution is 9.10. The molecule has 0 aliphatic rings. The van der Waals surface area contributed by atoms with E-state index in [-0.39, 0.29) is 11.9 Å². The van der Waals surface area contributed by atoms with Crippen LogP contribution in [0.5, 0.6) is 0 Å². The van der Waals surface area contributed by atoms with Crippen molar-refractivity contribution in [1.29, 1.82) is 0 Å². The second-order valence-electron chi connectivity index (χ2n) is 2.91. The molecule has 0 aromatic heterocycles. The predicted octanol–water partition coefficient (Wildman–Crippen LogP) is 2.92. The zero-order chi connectivity index (χ0) is 9.30. The third-order valence-corrected chi connectivity index (χ3v) is 2.46. The largest absolute Gasteiger partial charge is 0.324 e. The van der Waals surface area contributed by atoms with Gasteiger partial charge in [-0.1, -0.05) is 22.0 Å². The Bertz CT molecular complexity index is 297. The molecule has 0 radical (unpaired) electrons. The Morgan fingerprint density at radius 2 is 2.08 bits per heavy atom. The average molecular weight is 232 g/mol. The van der Waals surface area contributed by atoms with E-state index < -0.39 is 0 Å². The van der Waals surface area contributed by atoms with Crippen molar-refractivity contribution < 1.29 is 4.39 Å². The molecule has 0 bridgehead atoms. The Kier molecular flexibility index (Phi) is 2.85. The smallest absolute Gasteiger partial charge is 0.127 e. The van der Waals surface area contributed by atoms with Gasteiger partial charge in [-0.3, -0.25) is 0 Å². The number of benzene rings is 1. The molecule has 0 saturated carbocycles. The van der Waals surface area contributed by atoms with Crippen LogP contribution in [0.2, 0.25) is 0 Å². The van der Waals surface area contributed by atoms with Gasteiger partial charge in [0.2, 0.25) is 0 Å². The van der Waals surface area contributed by atoms with Crippen molar-refractivity contribution >= 4 is 15.9 Å². The van der Waals surface area contributed by atoms with Crippen molar-refractivity contribution in [2.45, 2.75) is 19.9 Å². The van der Waals surface area contributed by atoms with Crippen LogP contribution in [0.25, 0.3) is 0 Å². The lowest BCUT2D eigenvalue weighted by Crippen LogP contribution is -2.06. The van der Waals surface area contributed by atoms with Gasteiger partial charge in [-0.15, -0.1) is 0 Å². The highest BCUT2D eigenvalue weighted by atomic mass is 79.9. The monoisotopic (exact) mass is 231 g/mol. The lowest BCUT2D eigenvalue weighted by atomic mass is 10.1. The molecule has 2 N–H and O–H groups in total. The van der Waals surface area contributed by atoms with Gasteiger partial charge in [0, 0.05) is 10.5 Å². The maximum Gasteiger partial charge on any atom is 0.127 e. The van der Waals surface area contributed by atoms with Gasteiger partial charge in [0.1, 0.15) is 5.82 Å². The highest BCUT2D eigenvalue weighted by Crippen LogP contribution is 2.24. The molecule has 12 heavy (non-hydrogen) atoms. The highest BCUT2D eigenvalue weighted by Gasteiger charge is 2.07. The number of halogens is 2. The van der Waals surface area contributed by atoms with Gasteiger partial charge in [0.15, 0.2) is 0 Å². The second kappa shape index (κ2) is 3.54. The minimum absolute atomic E-state index is 0.0707. The van der Waals surface area contributed by atoms with E-state index in [0.29, 0.717) is 5.56 Å². The van der Waals surface area contributed by atoms with Crippen LogP contribution in [0.15, 0.2) is 16.6 Å². The quantitative estimate of drug-likeness (QED) is 0.791. The third kappa shape index (κ3) is 1.84. The van der Waals surface area contributed by atoms with E-state index in [2.05, 4.69) is 15.9 Å². The van der Waals surface area contributed by atoms with Crippen molar-refractivity contribution in [3.8, 4) is 0 Å². The van der Waals surface area contributed by atoms with Gasteiger partial charge in [0.05, 0.1) is 0 Å². The number of aryl methyl sites for hydroxylation is 1. The van der Waals surface area contributed by atoms with Gasteiger partial charge in [0.25, 0.3) is 0 Å². The third-order valence-electron chi connectivity index (χ3n) is 1.77. The summed E-state index contributed by atoms with van der Waals surface area (Å²) in [6.45, 7) is 3.60. The molecule has 0 saturated heterocycles. The summed E-state index contributed by atoms with van der Waals surface area (Å²) in [5.41, 5.74) is 7.25. The molecule has 0 fully saturated rings. The summed E-state index contributed by atoms with van der Waals surface area (Å²) in [6, 6.07) is 3.15. The van der Waals surface area contributed by atoms with Crippen molar-refractivity contribution in [2.75, 3.05) is 0 Å². The van der Waals surface area contributed by atoms with E-state index in [1.807, 2.05) is 6.92 Å². The van der Waals surface area contributed by atoms with Crippen molar-refractivity contribution in [2.24, 2.45) is 5.73 Å². The molecule has 1 aromatic carbocycles. The summed E-state index contributed by atoms with van der Waals surface area (Å²) >= 11 is 3.26. The molecule has 0 aliphatic carbocycles. The minimum atomic E-state index is -0.203. The molecule has 66 valence electrons. The molecule has 0 spiro atoms. The van der Waals surface area contributed by atoms with E-state index in [4.69, 9.17) is 5.73 Å². The Hall–Kier alpha value is -0.410. The SMILES string of the molecule is Cc1cc([C@H](C)N)c(Br)cc1F. The summed E-state index contributed by atoms with van der Waals surface area (Å²) in [7, 11) is 0. The zero-order valence-corrected chi connectivity index (χ0v) is 8.65. The first kappa shape index (κ1) is 9.68. The molecule has 1 rings (SSSR count). The fraction of sp³-hybridized carbons (Fsp3) is 0.333. The lowest BCUT2D eigenvalue weighted by Gasteiger charge is -2.09. The first-order valence-corrected chi connectivity index (χ1v) is 4.53. The van der Waals surface area contributed by atoms with Gasteiger partial charge < -0.3 is 5.73 Å². The summed E-state index contributed by atoms with van der Waals surface area (Å²) in [5.74, 6) is -0.203. The zero-order valence-electron chi connectivity index (χ0n) is 7.07. The van der Waals surface area contributed by atoms with Crippen LogP contribution >= 0.6 is 15.9 Å². The fourth-order valence-corrected chi connectivity index (χ4v) is 1.71. The lowest BCUT2D eigenvalue weighted by molar-refractivity contribution is 0.615. The van der Waals surface area contributed by atoms with Crippen LogP contribution in [0.3, 0.4) is 0 Å². The number of hydrogen-bond donors (Lipinski definition) is 1. The minimum Gasteiger partial charge on any atom is -0.324 e. The summed E-state index contributed by atoms with van der Waals surface area (Å²) < 4.78 is 13.7. The molecule has 1 aromatic rings. The van der Waals surface area contributed by atoms with Crippen LogP contribution in [-0.4, -0.2) is 0 Å². The fourth-order valence-electron chi connectivity index (χ4n) is 1.03. The molecule has 0 unspecified atom stereocenters. The molecular formula is C9H11BrFN. The van der Waals surface area contributed by atoms with E-state index in [9.17, 15) is 4.39 Å². The second-order valence-corrected chi connectivity index (χ2v) is 3.77. The first-order chi connectivity index (χ1) is 5.52. The summed E-state index contributed by atoms with van der Waals surface area (Å²) in [6.07, 6.45) is 0. The van der Waals surface area contributed by atoms with Crippen LogP contribution in [0, 0.1) is 12.7 Å². The van der Waals surface area contributed by atoms with E-state index in [1.54, 1.807) is 13.0 Å². The average Bonchev–Trinajstić information content (AvgIpc) is 1.96. The first-order valence-electron chi connectivity index (χ1n) is 3.73. The van der Waals surface area contributed by atoms with Gasteiger partial charge in [-0.25, -0.2) is 4.39 Å². The van der Waals surface area contributed by atoms with E-state index in [1.165, 1.54) is 6.07 Å². The van der Waals surface area contributed by atoms with Gasteiger partial charge >= 0.3 is 0 Å². The molecular weight excluding hydrogens is 221 g/mol. The molecule has 1 atom stereocenters. The standard InChI is InChI=1S/C9H11BrFN/c1-5-3-7(6(2)12)8(10)4-9(5)11/h3-4,6H,12H2,1-2H3/t6-/m0/s1. The Labute approximate surface area is 79.9 Å². The van der Waals surface area contributed by atoms with Gasteiger partial charge in [-0.2, -0.15) is 0 Å². The molecule has 3 heteroatoms. The topological polar surface area (TPSA) is 26.0 Å². The number of rotatable bonds is 1. The maximum atomic E-state index is 13.0. The number of nitrogens with two attached hydrogens (primary N) is 1. The van der Waals surface area contributed by atoms with Crippen LogP contribution in [-0.2, 0) is 0 Å². The van der Waals surface area contributed by atoms with Crippen molar-refractivity contribution in [3.05, 3.63) is 33.5 Å². The normalized spacial score (nSPS) is 13.1. The Morgan fingerprint density at radius 1 is 1.50 bits per heavy atom. The molecule has 1 nitrogen and oxygen atoms in total. The van der Waals surface area contributed by atoms with E-state index >= 15 is 0 Å². The van der Waals surface area contributed by atoms with Crippen LogP contribution in [0.1, 0.15) is 24.1 Å². The van der Waals surface area contributed by atoms with Crippen LogP contribution in [0.4, 0.5) is 4.39 Å². The molecule has 0 aliphatic heterocycles. The summed E-state index contributed by atoms with van der Waals surface area (Å²) in [5, 5.41) is 0. The number of hydrogen-bond acceptors (Lipinski definition) is 1. The van der Waals surface area contributed by atoms with E-state index in [0.717, 1.165) is 10.0 Å².